The zero-order valence-corrected chi connectivity index (χ0v) is 19.5. The highest BCUT2D eigenvalue weighted by molar-refractivity contribution is 5.93. The van der Waals surface area contributed by atoms with Gasteiger partial charge >= 0.3 is 18.2 Å². The van der Waals surface area contributed by atoms with Crippen LogP contribution in [-0.4, -0.2) is 48.3 Å². The van der Waals surface area contributed by atoms with Crippen molar-refractivity contribution in [2.24, 2.45) is 0 Å². The number of carboxylic acid groups (broad SMARTS) is 1. The van der Waals surface area contributed by atoms with E-state index in [1.165, 1.54) is 24.4 Å². The number of nitrogens with one attached hydrogen (secondary N) is 3. The molecule has 4 rings (SSSR count). The van der Waals surface area contributed by atoms with Crippen LogP contribution in [0.3, 0.4) is 0 Å². The molecule has 0 atom stereocenters. The second kappa shape index (κ2) is 11.2. The van der Waals surface area contributed by atoms with E-state index in [9.17, 15) is 22.8 Å². The number of carbonyl (C=O) groups is 2. The number of carboxylic acids is 1. The molecule has 1 fully saturated rings. The summed E-state index contributed by atoms with van der Waals surface area (Å²) in [5, 5.41) is 17.4. The average molecular weight is 515 g/mol. The lowest BCUT2D eigenvalue weighted by atomic mass is 10.1. The van der Waals surface area contributed by atoms with E-state index in [2.05, 4.69) is 20.9 Å². The highest BCUT2D eigenvalue weighted by Gasteiger charge is 2.32. The molecule has 1 aliphatic heterocycles. The van der Waals surface area contributed by atoms with Crippen LogP contribution in [0.25, 0.3) is 0 Å². The van der Waals surface area contributed by atoms with E-state index < -0.39 is 23.7 Å². The summed E-state index contributed by atoms with van der Waals surface area (Å²) in [6, 6.07) is 12.2. The number of aromatic carboxylic acids is 1. The number of hydrogen-bond donors (Lipinski definition) is 4. The van der Waals surface area contributed by atoms with Crippen molar-refractivity contribution in [1.82, 2.24) is 15.6 Å². The highest BCUT2D eigenvalue weighted by Crippen LogP contribution is 2.35. The first-order chi connectivity index (χ1) is 17.7. The van der Waals surface area contributed by atoms with Crippen LogP contribution < -0.4 is 25.6 Å². The molecular formula is C25H24F3N5O4. The fourth-order valence-electron chi connectivity index (χ4n) is 3.75. The number of aromatic nitrogens is 1. The summed E-state index contributed by atoms with van der Waals surface area (Å²) in [6.45, 7) is 2.70. The van der Waals surface area contributed by atoms with E-state index in [0.717, 1.165) is 17.7 Å². The quantitative estimate of drug-likeness (QED) is 0.370. The van der Waals surface area contributed by atoms with Crippen molar-refractivity contribution in [1.29, 1.82) is 0 Å². The average Bonchev–Trinajstić information content (AvgIpc) is 2.88. The summed E-state index contributed by atoms with van der Waals surface area (Å²) < 4.78 is 45.5. The number of ether oxygens (including phenoxy) is 1. The molecular weight excluding hydrogens is 491 g/mol. The lowest BCUT2D eigenvalue weighted by Gasteiger charge is -2.31. The minimum atomic E-state index is -4.54. The Balaban J connectivity index is 1.39. The second-order valence-electron chi connectivity index (χ2n) is 8.20. The van der Waals surface area contributed by atoms with Crippen LogP contribution in [0.1, 0.15) is 21.6 Å². The van der Waals surface area contributed by atoms with Gasteiger partial charge in [0.05, 0.1) is 16.9 Å². The van der Waals surface area contributed by atoms with Gasteiger partial charge in [-0.15, -0.1) is 0 Å². The Labute approximate surface area is 210 Å². The number of pyridine rings is 1. The van der Waals surface area contributed by atoms with Crippen molar-refractivity contribution in [3.63, 3.8) is 0 Å². The third kappa shape index (κ3) is 6.88. The molecule has 37 heavy (non-hydrogen) atoms. The number of rotatable bonds is 7. The van der Waals surface area contributed by atoms with Crippen molar-refractivity contribution >= 4 is 23.4 Å². The Morgan fingerprint density at radius 2 is 1.76 bits per heavy atom. The Morgan fingerprint density at radius 3 is 2.43 bits per heavy atom. The predicted molar refractivity (Wildman–Crippen MR) is 130 cm³/mol. The Hall–Kier alpha value is -4.32. The standard InChI is InChI=1S/C25H24F3N5O4/c26-25(27,28)17-3-6-22(33-11-9-29-10-12-33)20(13-17)32-24(36)31-15-16-1-4-18(5-2-16)37-19-7-8-30-21(14-19)23(34)35/h1-8,13-14,29H,9-12,15H2,(H,34,35)(H2,31,32,36). The summed E-state index contributed by atoms with van der Waals surface area (Å²) in [6.07, 6.45) is -3.21. The van der Waals surface area contributed by atoms with Crippen LogP contribution in [0.2, 0.25) is 0 Å². The van der Waals surface area contributed by atoms with E-state index in [-0.39, 0.29) is 17.9 Å². The number of amides is 2. The minimum Gasteiger partial charge on any atom is -0.477 e. The second-order valence-corrected chi connectivity index (χ2v) is 8.20. The van der Waals surface area contributed by atoms with Gasteiger partial charge in [0, 0.05) is 45.0 Å². The largest absolute Gasteiger partial charge is 0.477 e. The third-order valence-corrected chi connectivity index (χ3v) is 5.59. The van der Waals surface area contributed by atoms with Crippen LogP contribution in [0.15, 0.2) is 60.8 Å². The molecule has 2 amide bonds. The number of hydrogen-bond acceptors (Lipinski definition) is 6. The smallest absolute Gasteiger partial charge is 0.416 e. The fourth-order valence-corrected chi connectivity index (χ4v) is 3.75. The van der Waals surface area contributed by atoms with Crippen molar-refractivity contribution in [2.75, 3.05) is 36.4 Å². The number of nitrogens with zero attached hydrogens (tertiary/aromatic N) is 2. The first-order valence-corrected chi connectivity index (χ1v) is 11.4. The zero-order valence-electron chi connectivity index (χ0n) is 19.5. The molecule has 0 bridgehead atoms. The van der Waals surface area contributed by atoms with Crippen LogP contribution in [0.4, 0.5) is 29.3 Å². The molecule has 0 radical (unpaired) electrons. The van der Waals surface area contributed by atoms with Crippen molar-refractivity contribution in [3.05, 3.63) is 77.6 Å². The topological polar surface area (TPSA) is 116 Å². The maximum absolute atomic E-state index is 13.3. The Kier molecular flexibility index (Phi) is 7.77. The van der Waals surface area contributed by atoms with Gasteiger partial charge in [-0.05, 0) is 42.0 Å². The van der Waals surface area contributed by atoms with E-state index in [0.29, 0.717) is 43.4 Å². The molecule has 0 spiro atoms. The Bertz CT molecular complexity index is 1260. The molecule has 4 N–H and O–H groups in total. The zero-order chi connectivity index (χ0) is 26.4. The molecule has 12 heteroatoms. The molecule has 2 aromatic carbocycles. The normalized spacial score (nSPS) is 13.6. The van der Waals surface area contributed by atoms with Crippen LogP contribution >= 0.6 is 0 Å². The third-order valence-electron chi connectivity index (χ3n) is 5.59. The molecule has 1 aromatic heterocycles. The molecule has 0 unspecified atom stereocenters. The van der Waals surface area contributed by atoms with Gasteiger partial charge in [-0.1, -0.05) is 12.1 Å². The number of halogens is 3. The van der Waals surface area contributed by atoms with Crippen LogP contribution in [0.5, 0.6) is 11.5 Å². The number of urea groups is 1. The number of carbonyl (C=O) groups excluding carboxylic acids is 1. The molecule has 0 aliphatic carbocycles. The minimum absolute atomic E-state index is 0.0797. The number of anilines is 2. The SMILES string of the molecule is O=C(NCc1ccc(Oc2ccnc(C(=O)O)c2)cc1)Nc1cc(C(F)(F)F)ccc1N1CCNCC1. The van der Waals surface area contributed by atoms with Gasteiger partial charge in [-0.3, -0.25) is 0 Å². The summed E-state index contributed by atoms with van der Waals surface area (Å²) in [4.78, 5) is 29.3. The molecule has 9 nitrogen and oxygen atoms in total. The van der Waals surface area contributed by atoms with Gasteiger partial charge in [0.1, 0.15) is 11.5 Å². The fraction of sp³-hybridized carbons (Fsp3) is 0.240. The van der Waals surface area contributed by atoms with Crippen LogP contribution in [0, 0.1) is 0 Å². The summed E-state index contributed by atoms with van der Waals surface area (Å²) >= 11 is 0. The number of alkyl halides is 3. The predicted octanol–water partition coefficient (Wildman–Crippen LogP) is 4.32. The number of benzene rings is 2. The highest BCUT2D eigenvalue weighted by atomic mass is 19.4. The van der Waals surface area contributed by atoms with E-state index in [1.807, 2.05) is 4.90 Å². The first kappa shape index (κ1) is 25.8. The van der Waals surface area contributed by atoms with Crippen molar-refractivity contribution in [2.45, 2.75) is 12.7 Å². The van der Waals surface area contributed by atoms with E-state index in [1.54, 1.807) is 24.3 Å². The van der Waals surface area contributed by atoms with Crippen molar-refractivity contribution in [3.8, 4) is 11.5 Å². The summed E-state index contributed by atoms with van der Waals surface area (Å²) in [5.41, 5.74) is 0.325. The van der Waals surface area contributed by atoms with Gasteiger partial charge in [0.2, 0.25) is 0 Å². The summed E-state index contributed by atoms with van der Waals surface area (Å²) in [7, 11) is 0. The van der Waals surface area contributed by atoms with Gasteiger partial charge in [0.15, 0.2) is 5.69 Å². The molecule has 2 heterocycles. The number of piperazine rings is 1. The summed E-state index contributed by atoms with van der Waals surface area (Å²) in [5.74, 6) is -0.422. The molecule has 1 saturated heterocycles. The lowest BCUT2D eigenvalue weighted by molar-refractivity contribution is -0.137. The van der Waals surface area contributed by atoms with Gasteiger partial charge < -0.3 is 30.7 Å². The maximum Gasteiger partial charge on any atom is 0.416 e. The van der Waals surface area contributed by atoms with Gasteiger partial charge in [-0.25, -0.2) is 14.6 Å². The molecule has 194 valence electrons. The van der Waals surface area contributed by atoms with Crippen molar-refractivity contribution < 1.29 is 32.6 Å². The molecule has 3 aromatic rings. The van der Waals surface area contributed by atoms with E-state index >= 15 is 0 Å². The monoisotopic (exact) mass is 515 g/mol. The maximum atomic E-state index is 13.3. The molecule has 0 saturated carbocycles. The Morgan fingerprint density at radius 1 is 1.03 bits per heavy atom. The van der Waals surface area contributed by atoms with Gasteiger partial charge in [0.25, 0.3) is 0 Å². The first-order valence-electron chi connectivity index (χ1n) is 11.4. The van der Waals surface area contributed by atoms with Gasteiger partial charge in [-0.2, -0.15) is 13.2 Å². The van der Waals surface area contributed by atoms with E-state index in [4.69, 9.17) is 9.84 Å². The van der Waals surface area contributed by atoms with Crippen LogP contribution in [-0.2, 0) is 12.7 Å². The molecule has 1 aliphatic rings. The lowest BCUT2D eigenvalue weighted by Crippen LogP contribution is -2.44.